The van der Waals surface area contributed by atoms with Crippen LogP contribution in [0, 0.1) is 0 Å². The van der Waals surface area contributed by atoms with Crippen molar-refractivity contribution in [3.8, 4) is 0 Å². The molecular formula is C13H16N6O. The third-order valence-corrected chi connectivity index (χ3v) is 3.28. The first kappa shape index (κ1) is 12.8. The van der Waals surface area contributed by atoms with Crippen molar-refractivity contribution < 1.29 is 4.79 Å². The number of aromatic nitrogens is 3. The molecule has 0 radical (unpaired) electrons. The molecule has 0 bridgehead atoms. The fraction of sp³-hybridized carbons (Fsp3) is 0.308. The fourth-order valence-corrected chi connectivity index (χ4v) is 2.24. The maximum atomic E-state index is 12.1. The molecule has 104 valence electrons. The van der Waals surface area contributed by atoms with Crippen molar-refractivity contribution in [3.63, 3.8) is 0 Å². The van der Waals surface area contributed by atoms with Gasteiger partial charge in [-0.3, -0.25) is 14.5 Å². The normalized spacial score (nSPS) is 21.9. The first-order valence-electron chi connectivity index (χ1n) is 6.43. The van der Waals surface area contributed by atoms with Crippen LogP contribution in [-0.2, 0) is 11.8 Å². The van der Waals surface area contributed by atoms with Crippen molar-refractivity contribution in [3.05, 3.63) is 42.5 Å². The van der Waals surface area contributed by atoms with Gasteiger partial charge in [0.25, 0.3) is 0 Å². The van der Waals surface area contributed by atoms with E-state index in [1.165, 1.54) is 0 Å². The topological polar surface area (TPSA) is 83.9 Å². The highest BCUT2D eigenvalue weighted by atomic mass is 16.2. The molecule has 2 aromatic rings. The maximum absolute atomic E-state index is 12.1. The van der Waals surface area contributed by atoms with Crippen LogP contribution >= 0.6 is 0 Å². The summed E-state index contributed by atoms with van der Waals surface area (Å²) >= 11 is 0. The van der Waals surface area contributed by atoms with Crippen molar-refractivity contribution in [2.45, 2.75) is 18.5 Å². The van der Waals surface area contributed by atoms with E-state index in [9.17, 15) is 4.79 Å². The number of amides is 1. The molecule has 3 heterocycles. The number of nitrogens with zero attached hydrogens (tertiary/aromatic N) is 3. The van der Waals surface area contributed by atoms with Crippen molar-refractivity contribution in [2.75, 3.05) is 5.32 Å². The van der Waals surface area contributed by atoms with Gasteiger partial charge in [-0.15, -0.1) is 0 Å². The summed E-state index contributed by atoms with van der Waals surface area (Å²) in [5, 5.41) is 6.85. The fourth-order valence-electron chi connectivity index (χ4n) is 2.24. The standard InChI is InChI=1S/C13H16N6O/c1-19-8-10(7-15-19)16-13(20)12-5-11(17-18-12)9-3-2-4-14-6-9/h2-4,6-8,11-12,17-18H,5H2,1H3,(H,16,20). The molecule has 1 aliphatic rings. The molecule has 7 heteroatoms. The first-order valence-corrected chi connectivity index (χ1v) is 6.43. The summed E-state index contributed by atoms with van der Waals surface area (Å²) in [7, 11) is 1.81. The lowest BCUT2D eigenvalue weighted by Gasteiger charge is -2.09. The zero-order valence-corrected chi connectivity index (χ0v) is 11.1. The summed E-state index contributed by atoms with van der Waals surface area (Å²) in [6, 6.07) is 3.70. The van der Waals surface area contributed by atoms with Crippen LogP contribution in [0.15, 0.2) is 36.9 Å². The Morgan fingerprint density at radius 2 is 2.35 bits per heavy atom. The number of pyridine rings is 1. The number of hydrazine groups is 1. The van der Waals surface area contributed by atoms with Gasteiger partial charge in [0.1, 0.15) is 6.04 Å². The number of rotatable bonds is 3. The van der Waals surface area contributed by atoms with Gasteiger partial charge in [-0.2, -0.15) is 5.10 Å². The lowest BCUT2D eigenvalue weighted by molar-refractivity contribution is -0.117. The predicted octanol–water partition coefficient (Wildman–Crippen LogP) is 0.361. The van der Waals surface area contributed by atoms with E-state index in [2.05, 4.69) is 26.3 Å². The highest BCUT2D eigenvalue weighted by Gasteiger charge is 2.30. The summed E-state index contributed by atoms with van der Waals surface area (Å²) in [6.45, 7) is 0. The molecule has 2 aromatic heterocycles. The average Bonchev–Trinajstić information content (AvgIpc) is 3.09. The smallest absolute Gasteiger partial charge is 0.243 e. The summed E-state index contributed by atoms with van der Waals surface area (Å²) < 4.78 is 1.65. The van der Waals surface area contributed by atoms with Crippen LogP contribution in [0.25, 0.3) is 0 Å². The van der Waals surface area contributed by atoms with Crippen LogP contribution < -0.4 is 16.2 Å². The number of anilines is 1. The third-order valence-electron chi connectivity index (χ3n) is 3.28. The quantitative estimate of drug-likeness (QED) is 0.751. The summed E-state index contributed by atoms with van der Waals surface area (Å²) in [5.74, 6) is -0.0723. The second kappa shape index (κ2) is 5.40. The van der Waals surface area contributed by atoms with Gasteiger partial charge in [0.15, 0.2) is 0 Å². The van der Waals surface area contributed by atoms with E-state index in [1.807, 2.05) is 19.2 Å². The molecule has 1 aliphatic heterocycles. The van der Waals surface area contributed by atoms with Gasteiger partial charge < -0.3 is 5.32 Å². The second-order valence-corrected chi connectivity index (χ2v) is 4.81. The lowest BCUT2D eigenvalue weighted by Crippen LogP contribution is -2.39. The molecule has 3 rings (SSSR count). The zero-order chi connectivity index (χ0) is 13.9. The van der Waals surface area contributed by atoms with Gasteiger partial charge in [-0.25, -0.2) is 10.9 Å². The molecule has 20 heavy (non-hydrogen) atoms. The lowest BCUT2D eigenvalue weighted by atomic mass is 10.0. The van der Waals surface area contributed by atoms with Crippen molar-refractivity contribution >= 4 is 11.6 Å². The predicted molar refractivity (Wildman–Crippen MR) is 73.5 cm³/mol. The van der Waals surface area contributed by atoms with E-state index < -0.39 is 0 Å². The number of carbonyl (C=O) groups is 1. The molecule has 1 amide bonds. The molecule has 0 aromatic carbocycles. The Morgan fingerprint density at radius 1 is 1.45 bits per heavy atom. The first-order chi connectivity index (χ1) is 9.72. The van der Waals surface area contributed by atoms with Crippen molar-refractivity contribution in [1.82, 2.24) is 25.6 Å². The van der Waals surface area contributed by atoms with Crippen LogP contribution in [-0.4, -0.2) is 26.7 Å². The number of carbonyl (C=O) groups excluding carboxylic acids is 1. The molecule has 1 saturated heterocycles. The molecular weight excluding hydrogens is 256 g/mol. The minimum absolute atomic E-state index is 0.0723. The van der Waals surface area contributed by atoms with Crippen LogP contribution in [0.5, 0.6) is 0 Å². The molecule has 7 nitrogen and oxygen atoms in total. The Balaban J connectivity index is 1.61. The van der Waals surface area contributed by atoms with Crippen LogP contribution in [0.3, 0.4) is 0 Å². The van der Waals surface area contributed by atoms with Crippen LogP contribution in [0.1, 0.15) is 18.0 Å². The Kier molecular flexibility index (Phi) is 3.44. The minimum Gasteiger partial charge on any atom is -0.322 e. The Morgan fingerprint density at radius 3 is 3.05 bits per heavy atom. The molecule has 0 aliphatic carbocycles. The van der Waals surface area contributed by atoms with E-state index in [4.69, 9.17) is 0 Å². The monoisotopic (exact) mass is 272 g/mol. The largest absolute Gasteiger partial charge is 0.322 e. The number of hydrogen-bond donors (Lipinski definition) is 3. The zero-order valence-electron chi connectivity index (χ0n) is 11.1. The Labute approximate surface area is 116 Å². The number of aryl methyl sites for hydroxylation is 1. The Hall–Kier alpha value is -2.25. The van der Waals surface area contributed by atoms with Crippen LogP contribution in [0.2, 0.25) is 0 Å². The van der Waals surface area contributed by atoms with E-state index in [-0.39, 0.29) is 18.0 Å². The van der Waals surface area contributed by atoms with Gasteiger partial charge in [0.05, 0.1) is 11.9 Å². The van der Waals surface area contributed by atoms with Crippen molar-refractivity contribution in [2.24, 2.45) is 7.05 Å². The van der Waals surface area contributed by atoms with E-state index in [1.54, 1.807) is 29.5 Å². The molecule has 0 saturated carbocycles. The molecule has 2 unspecified atom stereocenters. The number of nitrogens with one attached hydrogen (secondary N) is 3. The molecule has 0 spiro atoms. The van der Waals surface area contributed by atoms with Gasteiger partial charge >= 0.3 is 0 Å². The highest BCUT2D eigenvalue weighted by Crippen LogP contribution is 2.21. The SMILES string of the molecule is Cn1cc(NC(=O)C2CC(c3cccnc3)NN2)cn1. The Bertz CT molecular complexity index is 596. The number of hydrogen-bond acceptors (Lipinski definition) is 5. The summed E-state index contributed by atoms with van der Waals surface area (Å²) in [5.41, 5.74) is 7.90. The van der Waals surface area contributed by atoms with E-state index >= 15 is 0 Å². The van der Waals surface area contributed by atoms with Gasteiger partial charge in [-0.05, 0) is 18.1 Å². The molecule has 2 atom stereocenters. The summed E-state index contributed by atoms with van der Waals surface area (Å²) in [6.07, 6.45) is 7.61. The van der Waals surface area contributed by atoms with E-state index in [0.717, 1.165) is 5.56 Å². The molecule has 1 fully saturated rings. The highest BCUT2D eigenvalue weighted by molar-refractivity contribution is 5.94. The third kappa shape index (κ3) is 2.68. The van der Waals surface area contributed by atoms with Gasteiger partial charge in [0, 0.05) is 31.7 Å². The second-order valence-electron chi connectivity index (χ2n) is 4.81. The summed E-state index contributed by atoms with van der Waals surface area (Å²) in [4.78, 5) is 16.2. The van der Waals surface area contributed by atoms with Gasteiger partial charge in [0.2, 0.25) is 5.91 Å². The van der Waals surface area contributed by atoms with E-state index in [0.29, 0.717) is 12.1 Å². The maximum Gasteiger partial charge on any atom is 0.243 e. The van der Waals surface area contributed by atoms with Crippen LogP contribution in [0.4, 0.5) is 5.69 Å². The average molecular weight is 272 g/mol. The minimum atomic E-state index is -0.277. The molecule has 3 N–H and O–H groups in total. The van der Waals surface area contributed by atoms with Crippen molar-refractivity contribution in [1.29, 1.82) is 0 Å². The van der Waals surface area contributed by atoms with Gasteiger partial charge in [-0.1, -0.05) is 6.07 Å².